The molecule has 178 valence electrons. The molecule has 10 heteroatoms. The lowest BCUT2D eigenvalue weighted by Gasteiger charge is -2.29. The third kappa shape index (κ3) is 6.11. The number of nitro groups is 1. The summed E-state index contributed by atoms with van der Waals surface area (Å²) in [5.41, 5.74) is 1.50. The molecule has 1 aliphatic heterocycles. The van der Waals surface area contributed by atoms with Gasteiger partial charge in [0.05, 0.1) is 44.0 Å². The van der Waals surface area contributed by atoms with Crippen molar-refractivity contribution in [1.29, 1.82) is 0 Å². The molecule has 1 amide bonds. The molecule has 0 aliphatic carbocycles. The minimum absolute atomic E-state index is 0.104. The van der Waals surface area contributed by atoms with E-state index in [-0.39, 0.29) is 35.4 Å². The summed E-state index contributed by atoms with van der Waals surface area (Å²) in [5, 5.41) is 14.5. The van der Waals surface area contributed by atoms with Gasteiger partial charge in [-0.3, -0.25) is 14.9 Å². The highest BCUT2D eigenvalue weighted by Gasteiger charge is 2.26. The first kappa shape index (κ1) is 24.3. The zero-order valence-corrected chi connectivity index (χ0v) is 19.0. The van der Waals surface area contributed by atoms with Gasteiger partial charge in [-0.25, -0.2) is 0 Å². The van der Waals surface area contributed by atoms with E-state index in [1.54, 1.807) is 0 Å². The number of carbonyl (C=O) groups is 1. The quantitative estimate of drug-likeness (QED) is 0.328. The second kappa shape index (κ2) is 11.5. The van der Waals surface area contributed by atoms with Crippen LogP contribution in [0.1, 0.15) is 28.9 Å². The lowest BCUT2D eigenvalue weighted by atomic mass is 10.1. The second-order valence-corrected chi connectivity index (χ2v) is 7.50. The molecule has 0 spiro atoms. The van der Waals surface area contributed by atoms with Gasteiger partial charge in [-0.1, -0.05) is 12.1 Å². The Balaban J connectivity index is 1.75. The fourth-order valence-electron chi connectivity index (χ4n) is 3.54. The van der Waals surface area contributed by atoms with Crippen LogP contribution < -0.4 is 19.7 Å². The van der Waals surface area contributed by atoms with Gasteiger partial charge in [0, 0.05) is 32.0 Å². The summed E-state index contributed by atoms with van der Waals surface area (Å²) >= 11 is 0. The predicted octanol–water partition coefficient (Wildman–Crippen LogP) is 2.96. The molecule has 3 rings (SSSR count). The van der Waals surface area contributed by atoms with Crippen molar-refractivity contribution in [1.82, 2.24) is 5.32 Å². The number of benzene rings is 2. The molecule has 1 saturated heterocycles. The van der Waals surface area contributed by atoms with Crippen LogP contribution in [0.25, 0.3) is 0 Å². The molecule has 33 heavy (non-hydrogen) atoms. The lowest BCUT2D eigenvalue weighted by molar-refractivity contribution is -0.385. The molecule has 0 radical (unpaired) electrons. The molecular weight excluding hydrogens is 430 g/mol. The topological polar surface area (TPSA) is 112 Å². The number of nitrogens with zero attached hydrogens (tertiary/aromatic N) is 2. The van der Waals surface area contributed by atoms with Gasteiger partial charge in [0.15, 0.2) is 11.5 Å². The van der Waals surface area contributed by atoms with Crippen LogP contribution in [-0.4, -0.2) is 64.6 Å². The average Bonchev–Trinajstić information content (AvgIpc) is 2.84. The minimum atomic E-state index is -0.612. The summed E-state index contributed by atoms with van der Waals surface area (Å²) in [5.74, 6) is -0.179. The van der Waals surface area contributed by atoms with Crippen molar-refractivity contribution in [2.75, 3.05) is 58.6 Å². The van der Waals surface area contributed by atoms with Gasteiger partial charge in [0.2, 0.25) is 0 Å². The molecule has 1 aliphatic rings. The van der Waals surface area contributed by atoms with E-state index < -0.39 is 10.8 Å². The van der Waals surface area contributed by atoms with Crippen molar-refractivity contribution in [3.8, 4) is 11.5 Å². The van der Waals surface area contributed by atoms with Crippen LogP contribution in [0.15, 0.2) is 36.4 Å². The van der Waals surface area contributed by atoms with Crippen LogP contribution in [0.4, 0.5) is 11.4 Å². The van der Waals surface area contributed by atoms with Gasteiger partial charge in [-0.05, 0) is 24.6 Å². The molecule has 10 nitrogen and oxygen atoms in total. The number of carbonyl (C=O) groups excluding carboxylic acids is 1. The van der Waals surface area contributed by atoms with Crippen LogP contribution in [0.3, 0.4) is 0 Å². The smallest absolute Gasteiger partial charge is 0.286 e. The zero-order chi connectivity index (χ0) is 23.8. The highest BCUT2D eigenvalue weighted by molar-refractivity contribution is 5.99. The van der Waals surface area contributed by atoms with Crippen LogP contribution in [0.2, 0.25) is 0 Å². The minimum Gasteiger partial charge on any atom is -0.493 e. The SMILES string of the molecule is COCCOc1cc([N+](=O)[O-])c(C(=O)NC(C)c2ccc(N3CCOCC3)cc2)cc1OC. The molecule has 1 atom stereocenters. The number of rotatable bonds is 10. The highest BCUT2D eigenvalue weighted by atomic mass is 16.6. The Hall–Kier alpha value is -3.37. The van der Waals surface area contributed by atoms with E-state index in [1.807, 2.05) is 31.2 Å². The van der Waals surface area contributed by atoms with Crippen molar-refractivity contribution in [2.45, 2.75) is 13.0 Å². The number of methoxy groups -OCH3 is 2. The van der Waals surface area contributed by atoms with Gasteiger partial charge in [0.25, 0.3) is 11.6 Å². The Morgan fingerprint density at radius 3 is 2.45 bits per heavy atom. The zero-order valence-electron chi connectivity index (χ0n) is 19.0. The molecule has 1 unspecified atom stereocenters. The van der Waals surface area contributed by atoms with E-state index in [1.165, 1.54) is 26.4 Å². The van der Waals surface area contributed by atoms with Crippen molar-refractivity contribution < 1.29 is 28.7 Å². The maximum Gasteiger partial charge on any atom is 0.286 e. The molecule has 1 fully saturated rings. The summed E-state index contributed by atoms with van der Waals surface area (Å²) in [4.78, 5) is 26.2. The first-order valence-electron chi connectivity index (χ1n) is 10.7. The Kier molecular flexibility index (Phi) is 8.45. The Labute approximate surface area is 192 Å². The van der Waals surface area contributed by atoms with Crippen molar-refractivity contribution in [3.63, 3.8) is 0 Å². The highest BCUT2D eigenvalue weighted by Crippen LogP contribution is 2.35. The number of hydrogen-bond acceptors (Lipinski definition) is 8. The second-order valence-electron chi connectivity index (χ2n) is 7.50. The summed E-state index contributed by atoms with van der Waals surface area (Å²) in [6, 6.07) is 10.0. The first-order valence-corrected chi connectivity index (χ1v) is 10.7. The molecule has 0 saturated carbocycles. The molecular formula is C23H29N3O7. The van der Waals surface area contributed by atoms with Crippen molar-refractivity contribution >= 4 is 17.3 Å². The molecule has 0 bridgehead atoms. The number of nitro benzene ring substituents is 1. The maximum atomic E-state index is 13.0. The van der Waals surface area contributed by atoms with Gasteiger partial charge in [-0.15, -0.1) is 0 Å². The van der Waals surface area contributed by atoms with Gasteiger partial charge < -0.3 is 29.2 Å². The van der Waals surface area contributed by atoms with Crippen molar-refractivity contribution in [2.24, 2.45) is 0 Å². The number of nitrogens with one attached hydrogen (secondary N) is 1. The van der Waals surface area contributed by atoms with Crippen LogP contribution in [0, 0.1) is 10.1 Å². The Morgan fingerprint density at radius 1 is 1.15 bits per heavy atom. The summed E-state index contributed by atoms with van der Waals surface area (Å²) in [6.45, 7) is 5.39. The lowest BCUT2D eigenvalue weighted by Crippen LogP contribution is -2.36. The van der Waals surface area contributed by atoms with Gasteiger partial charge in [0.1, 0.15) is 12.2 Å². The number of ether oxygens (including phenoxy) is 4. The number of anilines is 1. The predicted molar refractivity (Wildman–Crippen MR) is 122 cm³/mol. The summed E-state index contributed by atoms with van der Waals surface area (Å²) < 4.78 is 21.1. The third-order valence-corrected chi connectivity index (χ3v) is 5.39. The maximum absolute atomic E-state index is 13.0. The Bertz CT molecular complexity index is 959. The first-order chi connectivity index (χ1) is 15.9. The number of amides is 1. The van der Waals surface area contributed by atoms with Gasteiger partial charge in [-0.2, -0.15) is 0 Å². The fourth-order valence-corrected chi connectivity index (χ4v) is 3.54. The van der Waals surface area contributed by atoms with Crippen LogP contribution in [0.5, 0.6) is 11.5 Å². The van der Waals surface area contributed by atoms with E-state index in [0.717, 1.165) is 24.3 Å². The van der Waals surface area contributed by atoms with Crippen molar-refractivity contribution in [3.05, 3.63) is 57.6 Å². The fraction of sp³-hybridized carbons (Fsp3) is 0.435. The normalized spacial score (nSPS) is 14.5. The standard InChI is InChI=1S/C23H29N3O7/c1-16(17-4-6-18(7-5-17)25-8-10-32-11-9-25)24-23(27)19-14-21(31-3)22(33-13-12-30-2)15-20(19)26(28)29/h4-7,14-16H,8-13H2,1-3H3,(H,24,27). The van der Waals surface area contributed by atoms with Gasteiger partial charge >= 0.3 is 0 Å². The van der Waals surface area contributed by atoms with E-state index in [4.69, 9.17) is 18.9 Å². The third-order valence-electron chi connectivity index (χ3n) is 5.39. The average molecular weight is 459 g/mol. The van der Waals surface area contributed by atoms with E-state index in [0.29, 0.717) is 19.8 Å². The number of hydrogen-bond donors (Lipinski definition) is 1. The van der Waals surface area contributed by atoms with Crippen LogP contribution in [-0.2, 0) is 9.47 Å². The van der Waals surface area contributed by atoms with E-state index in [9.17, 15) is 14.9 Å². The Morgan fingerprint density at radius 2 is 1.85 bits per heavy atom. The molecule has 1 heterocycles. The summed E-state index contributed by atoms with van der Waals surface area (Å²) in [6.07, 6.45) is 0. The monoisotopic (exact) mass is 459 g/mol. The largest absolute Gasteiger partial charge is 0.493 e. The summed E-state index contributed by atoms with van der Waals surface area (Å²) in [7, 11) is 2.93. The van der Waals surface area contributed by atoms with E-state index >= 15 is 0 Å². The molecule has 2 aromatic carbocycles. The van der Waals surface area contributed by atoms with Crippen LogP contribution >= 0.6 is 0 Å². The molecule has 2 aromatic rings. The molecule has 1 N–H and O–H groups in total. The molecule has 0 aromatic heterocycles. The van der Waals surface area contributed by atoms with E-state index in [2.05, 4.69) is 10.2 Å². The number of morpholine rings is 1.